The van der Waals surface area contributed by atoms with Crippen LogP contribution < -0.4 is 10.1 Å². The second-order valence-electron chi connectivity index (χ2n) is 4.31. The predicted octanol–water partition coefficient (Wildman–Crippen LogP) is 3.30. The summed E-state index contributed by atoms with van der Waals surface area (Å²) in [5.41, 5.74) is 1.08. The van der Waals surface area contributed by atoms with Gasteiger partial charge >= 0.3 is 0 Å². The molecule has 0 spiro atoms. The Morgan fingerprint density at radius 2 is 2.41 bits per heavy atom. The normalized spacial score (nSPS) is 20.0. The van der Waals surface area contributed by atoms with E-state index in [-0.39, 0.29) is 0 Å². The lowest BCUT2D eigenvalue weighted by molar-refractivity contribution is 0.0595. The molecule has 1 aliphatic rings. The average molecular weight is 300 g/mol. The number of hydrogen-bond donors (Lipinski definition) is 1. The lowest BCUT2D eigenvalue weighted by Gasteiger charge is -2.23. The third kappa shape index (κ3) is 3.61. The molecule has 0 amide bonds. The van der Waals surface area contributed by atoms with Crippen molar-refractivity contribution < 1.29 is 9.47 Å². The van der Waals surface area contributed by atoms with Gasteiger partial charge in [-0.15, -0.1) is 0 Å². The monoisotopic (exact) mass is 299 g/mol. The van der Waals surface area contributed by atoms with Crippen LogP contribution in [0.3, 0.4) is 0 Å². The second-order valence-corrected chi connectivity index (χ2v) is 5.16. The molecule has 1 N–H and O–H groups in total. The van der Waals surface area contributed by atoms with Crippen molar-refractivity contribution in [2.75, 3.05) is 32.2 Å². The number of nitrogens with one attached hydrogen (secondary N) is 1. The number of rotatable bonds is 4. The summed E-state index contributed by atoms with van der Waals surface area (Å²) in [4.78, 5) is 0. The van der Waals surface area contributed by atoms with E-state index in [0.717, 1.165) is 35.7 Å². The van der Waals surface area contributed by atoms with Crippen LogP contribution in [0, 0.1) is 5.92 Å². The van der Waals surface area contributed by atoms with E-state index in [1.165, 1.54) is 12.8 Å². The van der Waals surface area contributed by atoms with Crippen molar-refractivity contribution in [3.63, 3.8) is 0 Å². The summed E-state index contributed by atoms with van der Waals surface area (Å²) in [6, 6.07) is 5.95. The van der Waals surface area contributed by atoms with Crippen LogP contribution in [0.4, 0.5) is 5.69 Å². The summed E-state index contributed by atoms with van der Waals surface area (Å²) in [6.45, 7) is 2.74. The van der Waals surface area contributed by atoms with Gasteiger partial charge in [0, 0.05) is 23.7 Å². The van der Waals surface area contributed by atoms with Gasteiger partial charge in [0.2, 0.25) is 0 Å². The molecule has 1 heterocycles. The van der Waals surface area contributed by atoms with Crippen molar-refractivity contribution in [2.45, 2.75) is 12.8 Å². The van der Waals surface area contributed by atoms with Gasteiger partial charge in [0.1, 0.15) is 5.75 Å². The van der Waals surface area contributed by atoms with Crippen molar-refractivity contribution in [3.8, 4) is 5.75 Å². The Kier molecular flexibility index (Phi) is 4.68. The highest BCUT2D eigenvalue weighted by Crippen LogP contribution is 2.27. The molecule has 1 atom stereocenters. The van der Waals surface area contributed by atoms with Crippen LogP contribution in [0.2, 0.25) is 0 Å². The molecule has 0 radical (unpaired) electrons. The topological polar surface area (TPSA) is 30.5 Å². The Balaban J connectivity index is 1.92. The smallest absolute Gasteiger partial charge is 0.121 e. The number of halogens is 1. The van der Waals surface area contributed by atoms with E-state index in [2.05, 4.69) is 21.2 Å². The maximum absolute atomic E-state index is 5.47. The van der Waals surface area contributed by atoms with Crippen LogP contribution >= 0.6 is 15.9 Å². The van der Waals surface area contributed by atoms with Gasteiger partial charge in [-0.2, -0.15) is 0 Å². The molecule has 94 valence electrons. The van der Waals surface area contributed by atoms with Crippen LogP contribution in [0.25, 0.3) is 0 Å². The van der Waals surface area contributed by atoms with Crippen molar-refractivity contribution in [1.29, 1.82) is 0 Å². The molecule has 0 bridgehead atoms. The maximum Gasteiger partial charge on any atom is 0.121 e. The van der Waals surface area contributed by atoms with Crippen LogP contribution in [-0.4, -0.2) is 26.9 Å². The maximum atomic E-state index is 5.47. The third-order valence-corrected chi connectivity index (χ3v) is 3.70. The van der Waals surface area contributed by atoms with Gasteiger partial charge in [0.25, 0.3) is 0 Å². The number of methoxy groups -OCH3 is 1. The lowest BCUT2D eigenvalue weighted by Crippen LogP contribution is -2.24. The molecular formula is C13H18BrNO2. The van der Waals surface area contributed by atoms with Gasteiger partial charge in [-0.1, -0.05) is 0 Å². The molecule has 3 nitrogen and oxygen atoms in total. The minimum Gasteiger partial charge on any atom is -0.497 e. The highest BCUT2D eigenvalue weighted by Gasteiger charge is 2.14. The summed E-state index contributed by atoms with van der Waals surface area (Å²) in [6.07, 6.45) is 2.42. The first-order valence-electron chi connectivity index (χ1n) is 5.95. The predicted molar refractivity (Wildman–Crippen MR) is 72.7 cm³/mol. The van der Waals surface area contributed by atoms with Crippen molar-refractivity contribution in [1.82, 2.24) is 0 Å². The molecule has 1 fully saturated rings. The molecule has 0 aliphatic carbocycles. The molecule has 2 rings (SSSR count). The van der Waals surface area contributed by atoms with Crippen molar-refractivity contribution in [2.24, 2.45) is 5.92 Å². The van der Waals surface area contributed by atoms with Gasteiger partial charge in [-0.3, -0.25) is 0 Å². The molecular weight excluding hydrogens is 282 g/mol. The van der Waals surface area contributed by atoms with E-state index in [4.69, 9.17) is 9.47 Å². The Labute approximate surface area is 111 Å². The summed E-state index contributed by atoms with van der Waals surface area (Å²) >= 11 is 3.54. The van der Waals surface area contributed by atoms with E-state index in [1.807, 2.05) is 18.2 Å². The molecule has 0 aromatic heterocycles. The van der Waals surface area contributed by atoms with Gasteiger partial charge in [0.15, 0.2) is 0 Å². The molecule has 1 aliphatic heterocycles. The summed E-state index contributed by atoms with van der Waals surface area (Å²) < 4.78 is 11.8. The Hall–Kier alpha value is -0.740. The standard InChI is InChI=1S/C13H18BrNO2/c1-16-11-4-5-12(14)13(7-11)15-8-10-3-2-6-17-9-10/h4-5,7,10,15H,2-3,6,8-9H2,1H3. The van der Waals surface area contributed by atoms with Crippen molar-refractivity contribution >= 4 is 21.6 Å². The van der Waals surface area contributed by atoms with Crippen molar-refractivity contribution in [3.05, 3.63) is 22.7 Å². The fourth-order valence-electron chi connectivity index (χ4n) is 1.99. The summed E-state index contributed by atoms with van der Waals surface area (Å²) in [5, 5.41) is 3.45. The van der Waals surface area contributed by atoms with Gasteiger partial charge in [-0.25, -0.2) is 0 Å². The fraction of sp³-hybridized carbons (Fsp3) is 0.538. The quantitative estimate of drug-likeness (QED) is 0.925. The fourth-order valence-corrected chi connectivity index (χ4v) is 2.38. The van der Waals surface area contributed by atoms with E-state index < -0.39 is 0 Å². The Morgan fingerprint density at radius 3 is 3.12 bits per heavy atom. The zero-order chi connectivity index (χ0) is 12.1. The molecule has 1 aromatic rings. The summed E-state index contributed by atoms with van der Waals surface area (Å²) in [5.74, 6) is 1.48. The highest BCUT2D eigenvalue weighted by atomic mass is 79.9. The van der Waals surface area contributed by atoms with Crippen LogP contribution in [0.1, 0.15) is 12.8 Å². The van der Waals surface area contributed by atoms with Gasteiger partial charge in [0.05, 0.1) is 19.4 Å². The first kappa shape index (κ1) is 12.7. The van der Waals surface area contributed by atoms with Crippen LogP contribution in [-0.2, 0) is 4.74 Å². The molecule has 17 heavy (non-hydrogen) atoms. The van der Waals surface area contributed by atoms with E-state index in [0.29, 0.717) is 5.92 Å². The van der Waals surface area contributed by atoms with E-state index >= 15 is 0 Å². The number of anilines is 1. The lowest BCUT2D eigenvalue weighted by atomic mass is 10.0. The van der Waals surface area contributed by atoms with Crippen LogP contribution in [0.15, 0.2) is 22.7 Å². The summed E-state index contributed by atoms with van der Waals surface area (Å²) in [7, 11) is 1.68. The zero-order valence-electron chi connectivity index (χ0n) is 10.0. The minimum atomic E-state index is 0.613. The van der Waals surface area contributed by atoms with E-state index in [9.17, 15) is 0 Å². The first-order chi connectivity index (χ1) is 8.29. The molecule has 4 heteroatoms. The Morgan fingerprint density at radius 1 is 1.53 bits per heavy atom. The molecule has 1 saturated heterocycles. The SMILES string of the molecule is COc1ccc(Br)c(NCC2CCCOC2)c1. The number of hydrogen-bond acceptors (Lipinski definition) is 3. The Bertz CT molecular complexity index is 364. The highest BCUT2D eigenvalue weighted by molar-refractivity contribution is 9.10. The molecule has 1 unspecified atom stereocenters. The zero-order valence-corrected chi connectivity index (χ0v) is 11.6. The molecule has 0 saturated carbocycles. The van der Waals surface area contributed by atoms with Gasteiger partial charge < -0.3 is 14.8 Å². The van der Waals surface area contributed by atoms with E-state index in [1.54, 1.807) is 7.11 Å². The largest absolute Gasteiger partial charge is 0.497 e. The first-order valence-corrected chi connectivity index (χ1v) is 6.74. The second kappa shape index (κ2) is 6.26. The molecule has 1 aromatic carbocycles. The average Bonchev–Trinajstić information content (AvgIpc) is 2.39. The minimum absolute atomic E-state index is 0.613. The van der Waals surface area contributed by atoms with Crippen LogP contribution in [0.5, 0.6) is 5.75 Å². The number of benzene rings is 1. The third-order valence-electron chi connectivity index (χ3n) is 3.01. The number of ether oxygens (including phenoxy) is 2. The van der Waals surface area contributed by atoms with Gasteiger partial charge in [-0.05, 0) is 46.8 Å².